The molecule has 1 N–H and O–H groups in total. The van der Waals surface area contributed by atoms with Crippen molar-refractivity contribution in [3.63, 3.8) is 0 Å². The number of nitrogens with one attached hydrogen (secondary N) is 1. The molecular formula is C24H26FN3O2S. The highest BCUT2D eigenvalue weighted by atomic mass is 32.1. The lowest BCUT2D eigenvalue weighted by molar-refractivity contribution is 0.0949. The molecule has 1 aromatic heterocycles. The molecule has 7 heteroatoms. The SMILES string of the molecule is C=CCOc1c(C)cc(-c2nnc(CCCCNC(=O)c3ccccc3F)s2)cc1C. The molecule has 0 radical (unpaired) electrons. The van der Waals surface area contributed by atoms with E-state index in [4.69, 9.17) is 4.74 Å². The van der Waals surface area contributed by atoms with E-state index in [9.17, 15) is 9.18 Å². The summed E-state index contributed by atoms with van der Waals surface area (Å²) in [5.74, 6) is -0.0134. The van der Waals surface area contributed by atoms with Crippen molar-refractivity contribution in [1.29, 1.82) is 0 Å². The van der Waals surface area contributed by atoms with Gasteiger partial charge in [-0.2, -0.15) is 0 Å². The van der Waals surface area contributed by atoms with E-state index in [2.05, 4.69) is 34.2 Å². The molecule has 0 aliphatic rings. The second-order valence-corrected chi connectivity index (χ2v) is 8.29. The van der Waals surface area contributed by atoms with Gasteiger partial charge >= 0.3 is 0 Å². The fourth-order valence-corrected chi connectivity index (χ4v) is 4.13. The molecular weight excluding hydrogens is 413 g/mol. The minimum atomic E-state index is -0.507. The van der Waals surface area contributed by atoms with Gasteiger partial charge in [0.15, 0.2) is 0 Å². The van der Waals surface area contributed by atoms with E-state index in [0.717, 1.165) is 51.7 Å². The topological polar surface area (TPSA) is 64.1 Å². The molecule has 0 atom stereocenters. The fraction of sp³-hybridized carbons (Fsp3) is 0.292. The first-order chi connectivity index (χ1) is 15.0. The van der Waals surface area contributed by atoms with Crippen LogP contribution in [0.3, 0.4) is 0 Å². The lowest BCUT2D eigenvalue weighted by atomic mass is 10.1. The highest BCUT2D eigenvalue weighted by Crippen LogP contribution is 2.32. The van der Waals surface area contributed by atoms with Gasteiger partial charge in [-0.05, 0) is 62.1 Å². The van der Waals surface area contributed by atoms with Crippen LogP contribution < -0.4 is 10.1 Å². The molecule has 0 saturated carbocycles. The molecule has 1 heterocycles. The number of hydrogen-bond donors (Lipinski definition) is 1. The van der Waals surface area contributed by atoms with Gasteiger partial charge in [0, 0.05) is 18.5 Å². The largest absolute Gasteiger partial charge is 0.489 e. The summed E-state index contributed by atoms with van der Waals surface area (Å²) in [6.07, 6.45) is 4.15. The van der Waals surface area contributed by atoms with Gasteiger partial charge in [0.05, 0.1) is 5.56 Å². The molecule has 0 aliphatic heterocycles. The molecule has 31 heavy (non-hydrogen) atoms. The summed E-state index contributed by atoms with van der Waals surface area (Å²) in [6, 6.07) is 10.1. The zero-order valence-corrected chi connectivity index (χ0v) is 18.6. The van der Waals surface area contributed by atoms with Gasteiger partial charge in [-0.3, -0.25) is 4.79 Å². The van der Waals surface area contributed by atoms with Crippen molar-refractivity contribution in [1.82, 2.24) is 15.5 Å². The summed E-state index contributed by atoms with van der Waals surface area (Å²) in [6.45, 7) is 8.69. The van der Waals surface area contributed by atoms with E-state index in [1.807, 2.05) is 13.8 Å². The summed E-state index contributed by atoms with van der Waals surface area (Å²) >= 11 is 1.57. The Morgan fingerprint density at radius 1 is 1.19 bits per heavy atom. The van der Waals surface area contributed by atoms with E-state index in [-0.39, 0.29) is 11.5 Å². The third-order valence-electron chi connectivity index (χ3n) is 4.74. The van der Waals surface area contributed by atoms with Crippen LogP contribution in [0.1, 0.15) is 39.3 Å². The number of hydrogen-bond acceptors (Lipinski definition) is 5. The standard InChI is InChI=1S/C24H26FN3O2S/c1-4-13-30-22-16(2)14-18(15-17(22)3)24-28-27-21(31-24)11-7-8-12-26-23(29)19-9-5-6-10-20(19)25/h4-6,9-10,14-15H,1,7-8,11-13H2,2-3H3,(H,26,29). The summed E-state index contributed by atoms with van der Waals surface area (Å²) in [5, 5.41) is 13.2. The Morgan fingerprint density at radius 3 is 2.65 bits per heavy atom. The molecule has 0 spiro atoms. The number of unbranched alkanes of at least 4 members (excludes halogenated alkanes) is 1. The molecule has 0 aliphatic carbocycles. The third-order valence-corrected chi connectivity index (χ3v) is 5.77. The number of carbonyl (C=O) groups is 1. The summed E-state index contributed by atoms with van der Waals surface area (Å²) in [4.78, 5) is 12.0. The van der Waals surface area contributed by atoms with Gasteiger partial charge in [-0.25, -0.2) is 4.39 Å². The Hall–Kier alpha value is -3.06. The van der Waals surface area contributed by atoms with Crippen LogP contribution >= 0.6 is 11.3 Å². The fourth-order valence-electron chi connectivity index (χ4n) is 3.26. The first-order valence-corrected chi connectivity index (χ1v) is 11.0. The van der Waals surface area contributed by atoms with Gasteiger partial charge in [-0.1, -0.05) is 36.1 Å². The summed E-state index contributed by atoms with van der Waals surface area (Å²) in [7, 11) is 0. The van der Waals surface area contributed by atoms with E-state index >= 15 is 0 Å². The predicted octanol–water partition coefficient (Wildman–Crippen LogP) is 5.28. The van der Waals surface area contributed by atoms with E-state index < -0.39 is 5.82 Å². The van der Waals surface area contributed by atoms with Crippen LogP contribution in [-0.4, -0.2) is 29.3 Å². The lowest BCUT2D eigenvalue weighted by Crippen LogP contribution is -2.25. The predicted molar refractivity (Wildman–Crippen MR) is 122 cm³/mol. The highest BCUT2D eigenvalue weighted by Gasteiger charge is 2.12. The summed E-state index contributed by atoms with van der Waals surface area (Å²) < 4.78 is 19.4. The molecule has 0 unspecified atom stereocenters. The van der Waals surface area contributed by atoms with Crippen LogP contribution in [0, 0.1) is 19.7 Å². The van der Waals surface area contributed by atoms with Crippen LogP contribution in [0.2, 0.25) is 0 Å². The quantitative estimate of drug-likeness (QED) is 0.345. The minimum Gasteiger partial charge on any atom is -0.489 e. The van der Waals surface area contributed by atoms with Crippen molar-refractivity contribution in [2.24, 2.45) is 0 Å². The molecule has 0 saturated heterocycles. The zero-order chi connectivity index (χ0) is 22.2. The van der Waals surface area contributed by atoms with Crippen LogP contribution in [0.4, 0.5) is 4.39 Å². The molecule has 3 rings (SSSR count). The average molecular weight is 440 g/mol. The highest BCUT2D eigenvalue weighted by molar-refractivity contribution is 7.14. The Kier molecular flexibility index (Phi) is 7.89. The van der Waals surface area contributed by atoms with Crippen molar-refractivity contribution < 1.29 is 13.9 Å². The first-order valence-electron chi connectivity index (χ1n) is 10.2. The Labute approximate surface area is 186 Å². The third kappa shape index (κ3) is 5.98. The van der Waals surface area contributed by atoms with Crippen molar-refractivity contribution in [2.45, 2.75) is 33.1 Å². The molecule has 5 nitrogen and oxygen atoms in total. The van der Waals surface area contributed by atoms with E-state index in [0.29, 0.717) is 13.2 Å². The molecule has 1 amide bonds. The molecule has 0 fully saturated rings. The molecule has 162 valence electrons. The van der Waals surface area contributed by atoms with Gasteiger partial charge in [-0.15, -0.1) is 10.2 Å². The van der Waals surface area contributed by atoms with E-state index in [1.54, 1.807) is 29.5 Å². The van der Waals surface area contributed by atoms with Crippen molar-refractivity contribution in [3.8, 4) is 16.3 Å². The first kappa shape index (κ1) is 22.6. The second kappa shape index (κ2) is 10.8. The van der Waals surface area contributed by atoms with Crippen LogP contribution in [0.25, 0.3) is 10.6 Å². The second-order valence-electron chi connectivity index (χ2n) is 7.23. The molecule has 2 aromatic carbocycles. The number of nitrogens with zero attached hydrogens (tertiary/aromatic N) is 2. The van der Waals surface area contributed by atoms with Gasteiger partial charge in [0.2, 0.25) is 0 Å². The van der Waals surface area contributed by atoms with Crippen LogP contribution in [-0.2, 0) is 6.42 Å². The Bertz CT molecular complexity index is 1040. The number of aromatic nitrogens is 2. The number of halogens is 1. The van der Waals surface area contributed by atoms with E-state index in [1.165, 1.54) is 12.1 Å². The normalized spacial score (nSPS) is 10.7. The van der Waals surface area contributed by atoms with Crippen molar-refractivity contribution in [3.05, 3.63) is 76.6 Å². The van der Waals surface area contributed by atoms with Crippen LogP contribution in [0.5, 0.6) is 5.75 Å². The summed E-state index contributed by atoms with van der Waals surface area (Å²) in [5.41, 5.74) is 3.21. The van der Waals surface area contributed by atoms with Gasteiger partial charge in [0.1, 0.15) is 28.2 Å². The average Bonchev–Trinajstić information content (AvgIpc) is 3.22. The number of amides is 1. The zero-order valence-electron chi connectivity index (χ0n) is 17.8. The maximum Gasteiger partial charge on any atom is 0.254 e. The maximum absolute atomic E-state index is 13.6. The monoisotopic (exact) mass is 439 g/mol. The Morgan fingerprint density at radius 2 is 1.94 bits per heavy atom. The Balaban J connectivity index is 1.50. The number of benzene rings is 2. The molecule has 0 bridgehead atoms. The molecule has 3 aromatic rings. The lowest BCUT2D eigenvalue weighted by Gasteiger charge is -2.11. The van der Waals surface area contributed by atoms with Crippen molar-refractivity contribution >= 4 is 17.2 Å². The van der Waals surface area contributed by atoms with Crippen molar-refractivity contribution in [2.75, 3.05) is 13.2 Å². The maximum atomic E-state index is 13.6. The van der Waals surface area contributed by atoms with Crippen LogP contribution in [0.15, 0.2) is 49.1 Å². The van der Waals surface area contributed by atoms with Gasteiger partial charge < -0.3 is 10.1 Å². The number of rotatable bonds is 10. The number of carbonyl (C=O) groups excluding carboxylic acids is 1. The smallest absolute Gasteiger partial charge is 0.254 e. The number of ether oxygens (including phenoxy) is 1. The minimum absolute atomic E-state index is 0.0720. The van der Waals surface area contributed by atoms with Gasteiger partial charge in [0.25, 0.3) is 5.91 Å². The number of aryl methyl sites for hydroxylation is 3.